The number of rotatable bonds is 11. The van der Waals surface area contributed by atoms with E-state index in [2.05, 4.69) is 43.8 Å². The number of pyridine rings is 1. The minimum Gasteiger partial charge on any atom is -0.369 e. The summed E-state index contributed by atoms with van der Waals surface area (Å²) in [5.41, 5.74) is 4.92. The average molecular weight is 711 g/mol. The first kappa shape index (κ1) is 34.8. The Labute approximate surface area is 299 Å². The number of halogens is 2. The van der Waals surface area contributed by atoms with Crippen LogP contribution in [0.2, 0.25) is 0 Å². The molecular formula is C40H44F2N6O2S. The van der Waals surface area contributed by atoms with E-state index in [1.807, 2.05) is 24.3 Å². The van der Waals surface area contributed by atoms with Crippen molar-refractivity contribution in [1.29, 1.82) is 0 Å². The Morgan fingerprint density at radius 3 is 2.25 bits per heavy atom. The van der Waals surface area contributed by atoms with Crippen molar-refractivity contribution in [2.45, 2.75) is 44.9 Å². The monoisotopic (exact) mass is 710 g/mol. The Balaban J connectivity index is 1.02. The van der Waals surface area contributed by atoms with Gasteiger partial charge in [-0.3, -0.25) is 9.71 Å². The van der Waals surface area contributed by atoms with Crippen molar-refractivity contribution in [3.63, 3.8) is 0 Å². The minimum atomic E-state index is -3.68. The van der Waals surface area contributed by atoms with Crippen molar-refractivity contribution in [1.82, 2.24) is 19.7 Å². The van der Waals surface area contributed by atoms with E-state index < -0.39 is 15.8 Å². The Bertz CT molecular complexity index is 2040. The Kier molecular flexibility index (Phi) is 10.5. The summed E-state index contributed by atoms with van der Waals surface area (Å²) in [6.07, 6.45) is 9.93. The van der Waals surface area contributed by atoms with Crippen LogP contribution in [-0.2, 0) is 10.0 Å². The van der Waals surface area contributed by atoms with Crippen LogP contribution in [-0.4, -0.2) is 66.6 Å². The van der Waals surface area contributed by atoms with Crippen LogP contribution in [0.25, 0.3) is 28.1 Å². The normalized spacial score (nSPS) is 16.4. The van der Waals surface area contributed by atoms with Gasteiger partial charge in [0.2, 0.25) is 10.0 Å². The maximum absolute atomic E-state index is 16.0. The van der Waals surface area contributed by atoms with Crippen molar-refractivity contribution >= 4 is 21.4 Å². The lowest BCUT2D eigenvalue weighted by Crippen LogP contribution is -2.41. The van der Waals surface area contributed by atoms with Crippen LogP contribution in [0.4, 0.5) is 20.2 Å². The van der Waals surface area contributed by atoms with E-state index in [9.17, 15) is 12.8 Å². The Hall–Kier alpha value is -4.61. The molecule has 8 nitrogen and oxygen atoms in total. The summed E-state index contributed by atoms with van der Waals surface area (Å²) in [6, 6.07) is 23.9. The summed E-state index contributed by atoms with van der Waals surface area (Å²) < 4.78 is 59.3. The van der Waals surface area contributed by atoms with Gasteiger partial charge in [-0.1, -0.05) is 43.3 Å². The predicted molar refractivity (Wildman–Crippen MR) is 200 cm³/mol. The molecule has 0 unspecified atom stereocenters. The lowest BCUT2D eigenvalue weighted by Gasteiger charge is -2.38. The zero-order valence-corrected chi connectivity index (χ0v) is 29.7. The van der Waals surface area contributed by atoms with E-state index in [0.717, 1.165) is 75.3 Å². The fourth-order valence-corrected chi connectivity index (χ4v) is 8.64. The van der Waals surface area contributed by atoms with Crippen molar-refractivity contribution < 1.29 is 17.2 Å². The molecule has 266 valence electrons. The van der Waals surface area contributed by atoms with Gasteiger partial charge in [0.25, 0.3) is 0 Å². The number of benzene rings is 3. The molecule has 0 radical (unpaired) electrons. The van der Waals surface area contributed by atoms with Gasteiger partial charge < -0.3 is 9.80 Å². The fraction of sp³-hybridized carbons (Fsp3) is 0.350. The third-order valence-electron chi connectivity index (χ3n) is 10.2. The van der Waals surface area contributed by atoms with Gasteiger partial charge in [-0.2, -0.15) is 5.10 Å². The van der Waals surface area contributed by atoms with Gasteiger partial charge in [0.1, 0.15) is 11.5 Å². The second kappa shape index (κ2) is 15.3. The number of hydrogen-bond acceptors (Lipinski definition) is 6. The van der Waals surface area contributed by atoms with Gasteiger partial charge in [-0.05, 0) is 105 Å². The second-order valence-electron chi connectivity index (χ2n) is 13.7. The molecule has 1 N–H and O–H groups in total. The number of aromatic nitrogens is 3. The summed E-state index contributed by atoms with van der Waals surface area (Å²) >= 11 is 0. The largest absolute Gasteiger partial charge is 0.369 e. The van der Waals surface area contributed by atoms with Crippen LogP contribution in [0.1, 0.15) is 50.5 Å². The Morgan fingerprint density at radius 1 is 0.824 bits per heavy atom. The first-order valence-corrected chi connectivity index (χ1v) is 19.5. The van der Waals surface area contributed by atoms with Crippen molar-refractivity contribution in [2.24, 2.45) is 5.92 Å². The lowest BCUT2D eigenvalue weighted by molar-refractivity contribution is 0.170. The van der Waals surface area contributed by atoms with Gasteiger partial charge in [0.05, 0.1) is 22.8 Å². The van der Waals surface area contributed by atoms with Crippen LogP contribution in [0.15, 0.2) is 97.5 Å². The van der Waals surface area contributed by atoms with E-state index in [-0.39, 0.29) is 22.8 Å². The standard InChI is InChI=1S/C40H44F2N6O2S/c1-2-26-51(49,50)45-37-8-5-6-34(39(37)42)35-28-48(44-40(35)32-14-20-43-21-15-32)33-12-10-30(11-13-33)31-18-22-46(23-19-31)27-29-16-24-47(25-17-29)38-9-4-3-7-36(38)41/h3-15,20-21,28-29,31,45H,2,16-19,22-27H2,1H3. The van der Waals surface area contributed by atoms with Crippen LogP contribution in [0, 0.1) is 17.6 Å². The van der Waals surface area contributed by atoms with Crippen LogP contribution >= 0.6 is 0 Å². The van der Waals surface area contributed by atoms with E-state index in [1.54, 1.807) is 54.5 Å². The molecule has 2 aliphatic heterocycles. The highest BCUT2D eigenvalue weighted by molar-refractivity contribution is 7.92. The molecule has 0 bridgehead atoms. The van der Waals surface area contributed by atoms with Crippen LogP contribution in [0.5, 0.6) is 0 Å². The summed E-state index contributed by atoms with van der Waals surface area (Å²) in [6.45, 7) is 6.80. The zero-order valence-electron chi connectivity index (χ0n) is 28.9. The average Bonchev–Trinajstić information content (AvgIpc) is 3.59. The molecule has 4 heterocycles. The van der Waals surface area contributed by atoms with Crippen LogP contribution in [0.3, 0.4) is 0 Å². The van der Waals surface area contributed by atoms with Gasteiger partial charge >= 0.3 is 0 Å². The molecule has 51 heavy (non-hydrogen) atoms. The van der Waals surface area contributed by atoms with Gasteiger partial charge in [0.15, 0.2) is 5.82 Å². The summed E-state index contributed by atoms with van der Waals surface area (Å²) in [4.78, 5) is 8.91. The van der Waals surface area contributed by atoms with Crippen molar-refractivity contribution in [3.8, 4) is 28.1 Å². The first-order chi connectivity index (χ1) is 24.8. The second-order valence-corrected chi connectivity index (χ2v) is 15.6. The number of nitrogens with one attached hydrogen (secondary N) is 1. The molecule has 0 amide bonds. The molecule has 0 spiro atoms. The number of anilines is 2. The molecular weight excluding hydrogens is 667 g/mol. The molecule has 0 saturated carbocycles. The molecule has 3 aromatic carbocycles. The zero-order chi connectivity index (χ0) is 35.4. The SMILES string of the molecule is CCCS(=O)(=O)Nc1cccc(-c2cn(-c3ccc(C4CCN(CC5CCN(c6ccccc6F)CC5)CC4)cc3)nc2-c2ccncc2)c1F. The number of hydrogen-bond donors (Lipinski definition) is 1. The molecule has 2 aliphatic rings. The maximum atomic E-state index is 16.0. The van der Waals surface area contributed by atoms with Gasteiger partial charge in [0, 0.05) is 54.9 Å². The molecule has 11 heteroatoms. The fourth-order valence-electron chi connectivity index (χ4n) is 7.51. The molecule has 0 aliphatic carbocycles. The molecule has 2 fully saturated rings. The molecule has 2 aromatic heterocycles. The van der Waals surface area contributed by atoms with E-state index >= 15 is 4.39 Å². The number of sulfonamides is 1. The predicted octanol–water partition coefficient (Wildman–Crippen LogP) is 8.13. The third kappa shape index (κ3) is 7.99. The number of para-hydroxylation sites is 1. The Morgan fingerprint density at radius 2 is 1.55 bits per heavy atom. The van der Waals surface area contributed by atoms with Gasteiger partial charge in [-0.25, -0.2) is 21.9 Å². The summed E-state index contributed by atoms with van der Waals surface area (Å²) in [5, 5.41) is 4.89. The van der Waals surface area contributed by atoms with Crippen molar-refractivity contribution in [2.75, 3.05) is 48.1 Å². The van der Waals surface area contributed by atoms with Crippen LogP contribution < -0.4 is 9.62 Å². The van der Waals surface area contributed by atoms with E-state index in [1.165, 1.54) is 11.6 Å². The highest BCUT2D eigenvalue weighted by atomic mass is 32.2. The van der Waals surface area contributed by atoms with E-state index in [4.69, 9.17) is 5.10 Å². The number of nitrogens with zero attached hydrogens (tertiary/aromatic N) is 5. The minimum absolute atomic E-state index is 0.0880. The molecule has 5 aromatic rings. The number of likely N-dealkylation sites (tertiary alicyclic amines) is 1. The molecule has 0 atom stereocenters. The lowest BCUT2D eigenvalue weighted by atomic mass is 9.88. The van der Waals surface area contributed by atoms with Gasteiger partial charge in [-0.15, -0.1) is 0 Å². The third-order valence-corrected chi connectivity index (χ3v) is 11.7. The first-order valence-electron chi connectivity index (χ1n) is 17.9. The van der Waals surface area contributed by atoms with Crippen molar-refractivity contribution in [3.05, 3.63) is 115 Å². The number of piperidine rings is 2. The molecule has 7 rings (SSSR count). The highest BCUT2D eigenvalue weighted by Crippen LogP contribution is 2.37. The van der Waals surface area contributed by atoms with E-state index in [0.29, 0.717) is 29.5 Å². The summed E-state index contributed by atoms with van der Waals surface area (Å²) in [5.74, 6) is 0.240. The summed E-state index contributed by atoms with van der Waals surface area (Å²) in [7, 11) is -3.68. The maximum Gasteiger partial charge on any atom is 0.232 e. The smallest absolute Gasteiger partial charge is 0.232 e. The molecule has 2 saturated heterocycles. The quantitative estimate of drug-likeness (QED) is 0.149. The topological polar surface area (TPSA) is 83.4 Å². The highest BCUT2D eigenvalue weighted by Gasteiger charge is 2.27.